The van der Waals surface area contributed by atoms with Gasteiger partial charge in [0.25, 0.3) is 0 Å². The van der Waals surface area contributed by atoms with Crippen LogP contribution in [0.4, 0.5) is 0 Å². The molecule has 18 heavy (non-hydrogen) atoms. The molecule has 3 nitrogen and oxygen atoms in total. The van der Waals surface area contributed by atoms with Crippen LogP contribution in [0.2, 0.25) is 0 Å². The minimum absolute atomic E-state index is 0.387. The Morgan fingerprint density at radius 2 is 1.72 bits per heavy atom. The van der Waals surface area contributed by atoms with Gasteiger partial charge in [0.05, 0.1) is 18.5 Å². The molecule has 0 fully saturated rings. The molecule has 0 aliphatic carbocycles. The van der Waals surface area contributed by atoms with E-state index >= 15 is 0 Å². The highest BCUT2D eigenvalue weighted by Crippen LogP contribution is 2.56. The molecule has 0 aliphatic heterocycles. The summed E-state index contributed by atoms with van der Waals surface area (Å²) in [6.07, 6.45) is 10.3. The Morgan fingerprint density at radius 3 is 2.17 bits per heavy atom. The Bertz CT molecular complexity index is 298. The van der Waals surface area contributed by atoms with E-state index in [1.807, 2.05) is 32.9 Å². The number of rotatable bonds is 10. The fourth-order valence-electron chi connectivity index (χ4n) is 1.59. The second kappa shape index (κ2) is 10.5. The molecule has 0 aromatic carbocycles. The van der Waals surface area contributed by atoms with Crippen molar-refractivity contribution in [3.63, 3.8) is 0 Å². The minimum atomic E-state index is -3.11. The van der Waals surface area contributed by atoms with Gasteiger partial charge in [-0.2, -0.15) is 0 Å². The second-order valence-corrected chi connectivity index (χ2v) is 5.97. The van der Waals surface area contributed by atoms with Gasteiger partial charge in [-0.25, -0.2) is 0 Å². The first-order valence-corrected chi connectivity index (χ1v) is 8.41. The van der Waals surface area contributed by atoms with E-state index in [0.29, 0.717) is 18.5 Å². The lowest BCUT2D eigenvalue weighted by Gasteiger charge is -2.17. The van der Waals surface area contributed by atoms with Crippen molar-refractivity contribution in [3.05, 3.63) is 23.5 Å². The maximum absolute atomic E-state index is 12.5. The predicted molar refractivity (Wildman–Crippen MR) is 77.9 cm³/mol. The number of hydrogen-bond donors (Lipinski definition) is 0. The van der Waals surface area contributed by atoms with Crippen molar-refractivity contribution in [1.29, 1.82) is 0 Å². The normalized spacial score (nSPS) is 13.4. The van der Waals surface area contributed by atoms with Crippen molar-refractivity contribution in [2.75, 3.05) is 13.2 Å². The Morgan fingerprint density at radius 1 is 1.11 bits per heavy atom. The SMILES string of the molecule is C/C=C(/C=C\CCCCC)P(=O)(OCC)OCC. The van der Waals surface area contributed by atoms with Crippen LogP contribution in [-0.4, -0.2) is 13.2 Å². The fraction of sp³-hybridized carbons (Fsp3) is 0.714. The molecule has 0 saturated heterocycles. The van der Waals surface area contributed by atoms with Gasteiger partial charge in [-0.15, -0.1) is 0 Å². The van der Waals surface area contributed by atoms with Crippen LogP contribution in [-0.2, 0) is 13.6 Å². The molecule has 0 rings (SSSR count). The Labute approximate surface area is 112 Å². The number of allylic oxidation sites excluding steroid dienone is 4. The summed E-state index contributed by atoms with van der Waals surface area (Å²) in [5.74, 6) is 0. The van der Waals surface area contributed by atoms with Crippen LogP contribution in [0.3, 0.4) is 0 Å². The molecule has 0 aromatic heterocycles. The third kappa shape index (κ3) is 6.53. The molecule has 0 aromatic rings. The lowest BCUT2D eigenvalue weighted by Crippen LogP contribution is -1.97. The Kier molecular flexibility index (Phi) is 10.3. The Hall–Kier alpha value is -0.370. The summed E-state index contributed by atoms with van der Waals surface area (Å²) in [4.78, 5) is 0. The average molecular weight is 274 g/mol. The van der Waals surface area contributed by atoms with Gasteiger partial charge in [0, 0.05) is 0 Å². The van der Waals surface area contributed by atoms with Crippen molar-refractivity contribution >= 4 is 7.60 Å². The summed E-state index contributed by atoms with van der Waals surface area (Å²) >= 11 is 0. The van der Waals surface area contributed by atoms with Gasteiger partial charge < -0.3 is 9.05 Å². The largest absolute Gasteiger partial charge is 0.360 e. The molecular formula is C14H27O3P. The van der Waals surface area contributed by atoms with Gasteiger partial charge in [0.2, 0.25) is 0 Å². The quantitative estimate of drug-likeness (QED) is 0.308. The molecule has 0 unspecified atom stereocenters. The van der Waals surface area contributed by atoms with E-state index < -0.39 is 7.60 Å². The van der Waals surface area contributed by atoms with Gasteiger partial charge in [0.15, 0.2) is 0 Å². The molecule has 0 amide bonds. The topological polar surface area (TPSA) is 35.5 Å². The zero-order chi connectivity index (χ0) is 13.9. The third-order valence-electron chi connectivity index (χ3n) is 2.47. The van der Waals surface area contributed by atoms with E-state index in [0.717, 1.165) is 12.8 Å². The standard InChI is InChI=1S/C14H27O3P/c1-5-9-10-11-12-13-14(6-2)18(15,16-7-3)17-8-4/h6,12-13H,5,7-11H2,1-4H3/b13-12-,14-6-. The zero-order valence-corrected chi connectivity index (χ0v) is 13.0. The monoisotopic (exact) mass is 274 g/mol. The summed E-state index contributed by atoms with van der Waals surface area (Å²) in [6.45, 7) is 8.46. The van der Waals surface area contributed by atoms with Gasteiger partial charge in [0.1, 0.15) is 0 Å². The molecule has 0 radical (unpaired) electrons. The minimum Gasteiger partial charge on any atom is -0.306 e. The van der Waals surface area contributed by atoms with Gasteiger partial charge in [-0.05, 0) is 33.6 Å². The third-order valence-corrected chi connectivity index (χ3v) is 4.71. The van der Waals surface area contributed by atoms with Crippen LogP contribution < -0.4 is 0 Å². The van der Waals surface area contributed by atoms with E-state index in [1.54, 1.807) is 0 Å². The highest BCUT2D eigenvalue weighted by molar-refractivity contribution is 7.58. The van der Waals surface area contributed by atoms with Crippen LogP contribution >= 0.6 is 7.60 Å². The second-order valence-electron chi connectivity index (χ2n) is 3.94. The molecule has 0 saturated carbocycles. The highest BCUT2D eigenvalue weighted by Gasteiger charge is 2.26. The van der Waals surface area contributed by atoms with Crippen molar-refractivity contribution in [1.82, 2.24) is 0 Å². The van der Waals surface area contributed by atoms with Crippen molar-refractivity contribution in [3.8, 4) is 0 Å². The molecule has 4 heteroatoms. The maximum atomic E-state index is 12.5. The molecule has 0 aliphatic rings. The molecule has 0 spiro atoms. The van der Waals surface area contributed by atoms with Gasteiger partial charge in [-0.1, -0.05) is 38.0 Å². The van der Waals surface area contributed by atoms with E-state index in [1.165, 1.54) is 12.8 Å². The smallest absolute Gasteiger partial charge is 0.306 e. The highest BCUT2D eigenvalue weighted by atomic mass is 31.2. The molecule has 0 bridgehead atoms. The average Bonchev–Trinajstić information content (AvgIpc) is 2.34. The zero-order valence-electron chi connectivity index (χ0n) is 12.1. The first-order chi connectivity index (χ1) is 8.64. The summed E-state index contributed by atoms with van der Waals surface area (Å²) in [6, 6.07) is 0. The first-order valence-electron chi connectivity index (χ1n) is 6.87. The van der Waals surface area contributed by atoms with E-state index in [9.17, 15) is 4.57 Å². The summed E-state index contributed by atoms with van der Waals surface area (Å²) < 4.78 is 23.1. The molecule has 106 valence electrons. The van der Waals surface area contributed by atoms with Crippen LogP contribution in [0, 0.1) is 0 Å². The number of hydrogen-bond acceptors (Lipinski definition) is 3. The van der Waals surface area contributed by atoms with Crippen LogP contribution in [0.25, 0.3) is 0 Å². The van der Waals surface area contributed by atoms with E-state index in [4.69, 9.17) is 9.05 Å². The maximum Gasteiger partial charge on any atom is 0.360 e. The van der Waals surface area contributed by atoms with Gasteiger partial charge >= 0.3 is 7.60 Å². The molecule has 0 N–H and O–H groups in total. The van der Waals surface area contributed by atoms with Crippen molar-refractivity contribution < 1.29 is 13.6 Å². The van der Waals surface area contributed by atoms with E-state index in [-0.39, 0.29) is 0 Å². The summed E-state index contributed by atoms with van der Waals surface area (Å²) in [5.41, 5.74) is 0. The molecular weight excluding hydrogens is 247 g/mol. The summed E-state index contributed by atoms with van der Waals surface area (Å²) in [7, 11) is -3.11. The van der Waals surface area contributed by atoms with Crippen LogP contribution in [0.15, 0.2) is 23.5 Å². The molecule has 0 atom stereocenters. The van der Waals surface area contributed by atoms with Crippen molar-refractivity contribution in [2.24, 2.45) is 0 Å². The molecule has 0 heterocycles. The summed E-state index contributed by atoms with van der Waals surface area (Å²) in [5, 5.41) is 0.655. The fourth-order valence-corrected chi connectivity index (χ4v) is 3.24. The predicted octanol–water partition coefficient (Wildman–Crippen LogP) is 5.29. The lowest BCUT2D eigenvalue weighted by atomic mass is 10.2. The lowest BCUT2D eigenvalue weighted by molar-refractivity contribution is 0.227. The van der Waals surface area contributed by atoms with E-state index in [2.05, 4.69) is 13.0 Å². The van der Waals surface area contributed by atoms with Gasteiger partial charge in [-0.3, -0.25) is 4.57 Å². The Balaban J connectivity index is 4.57. The number of unbranched alkanes of at least 4 members (excludes halogenated alkanes) is 3. The first kappa shape index (κ1) is 17.6. The van der Waals surface area contributed by atoms with Crippen LogP contribution in [0.5, 0.6) is 0 Å². The van der Waals surface area contributed by atoms with Crippen LogP contribution in [0.1, 0.15) is 53.4 Å². The van der Waals surface area contributed by atoms with Crippen molar-refractivity contribution in [2.45, 2.75) is 53.4 Å².